The number of carbonyl (C=O) groups excluding carboxylic acids is 1. The van der Waals surface area contributed by atoms with Crippen molar-refractivity contribution in [1.29, 1.82) is 0 Å². The second-order valence-corrected chi connectivity index (χ2v) is 9.62. The Bertz CT molecular complexity index is 1010. The standard InChI is InChI=1S/C21H27N5O3/c1-11-17(21-8-14-5-15(9-21)7-16(6-14)10-21)12(2)25(22-11)20(27)18-19(26(28)29)13(3)24(4)23-18/h14-16H,5-10H2,1-4H3. The van der Waals surface area contributed by atoms with Crippen LogP contribution in [-0.4, -0.2) is 30.4 Å². The summed E-state index contributed by atoms with van der Waals surface area (Å²) in [6.07, 6.45) is 7.60. The van der Waals surface area contributed by atoms with Crippen LogP contribution in [0, 0.1) is 48.6 Å². The van der Waals surface area contributed by atoms with Gasteiger partial charge in [-0.05, 0) is 82.5 Å². The van der Waals surface area contributed by atoms with E-state index in [9.17, 15) is 14.9 Å². The van der Waals surface area contributed by atoms with Crippen LogP contribution >= 0.6 is 0 Å². The van der Waals surface area contributed by atoms with E-state index in [1.54, 1.807) is 14.0 Å². The normalized spacial score (nSPS) is 30.1. The van der Waals surface area contributed by atoms with Crippen LogP contribution in [0.3, 0.4) is 0 Å². The summed E-state index contributed by atoms with van der Waals surface area (Å²) in [7, 11) is 1.61. The van der Waals surface area contributed by atoms with E-state index in [2.05, 4.69) is 10.2 Å². The minimum absolute atomic E-state index is 0.118. The van der Waals surface area contributed by atoms with Crippen molar-refractivity contribution in [3.63, 3.8) is 0 Å². The largest absolute Gasteiger partial charge is 0.322 e. The fourth-order valence-electron chi connectivity index (χ4n) is 7.08. The number of carbonyl (C=O) groups is 1. The lowest BCUT2D eigenvalue weighted by Crippen LogP contribution is -2.49. The second-order valence-electron chi connectivity index (χ2n) is 9.62. The van der Waals surface area contributed by atoms with E-state index < -0.39 is 10.8 Å². The highest BCUT2D eigenvalue weighted by Crippen LogP contribution is 2.61. The number of aryl methyl sites for hydroxylation is 2. The molecule has 4 aliphatic rings. The maximum atomic E-state index is 13.3. The van der Waals surface area contributed by atoms with Gasteiger partial charge in [-0.1, -0.05) is 0 Å². The third-order valence-corrected chi connectivity index (χ3v) is 7.74. The van der Waals surface area contributed by atoms with E-state index in [0.717, 1.165) is 29.1 Å². The number of nitrogens with zero attached hydrogens (tertiary/aromatic N) is 5. The minimum Gasteiger partial charge on any atom is -0.265 e. The zero-order valence-electron chi connectivity index (χ0n) is 17.4. The Hall–Kier alpha value is -2.51. The van der Waals surface area contributed by atoms with Crippen LogP contribution in [-0.2, 0) is 12.5 Å². The first kappa shape index (κ1) is 18.5. The van der Waals surface area contributed by atoms with Gasteiger partial charge in [-0.3, -0.25) is 19.6 Å². The fraction of sp³-hybridized carbons (Fsp3) is 0.667. The molecule has 29 heavy (non-hydrogen) atoms. The number of rotatable bonds is 3. The summed E-state index contributed by atoms with van der Waals surface area (Å²) in [5, 5.41) is 20.3. The third-order valence-electron chi connectivity index (χ3n) is 7.74. The van der Waals surface area contributed by atoms with Gasteiger partial charge in [0.2, 0.25) is 5.69 Å². The summed E-state index contributed by atoms with van der Waals surface area (Å²) >= 11 is 0. The van der Waals surface area contributed by atoms with Gasteiger partial charge in [-0.15, -0.1) is 0 Å². The Labute approximate surface area is 169 Å². The zero-order valence-corrected chi connectivity index (χ0v) is 17.4. The molecule has 154 valence electrons. The van der Waals surface area contributed by atoms with Gasteiger partial charge in [-0.25, -0.2) is 0 Å². The Balaban J connectivity index is 1.59. The topological polar surface area (TPSA) is 95.8 Å². The van der Waals surface area contributed by atoms with Gasteiger partial charge < -0.3 is 0 Å². The van der Waals surface area contributed by atoms with Gasteiger partial charge in [0.15, 0.2) is 0 Å². The highest BCUT2D eigenvalue weighted by molar-refractivity contribution is 5.98. The molecule has 0 radical (unpaired) electrons. The molecule has 0 aromatic carbocycles. The van der Waals surface area contributed by atoms with Gasteiger partial charge in [0.25, 0.3) is 0 Å². The molecular weight excluding hydrogens is 370 g/mol. The Morgan fingerprint density at radius 1 is 1.03 bits per heavy atom. The number of nitro groups is 1. The molecule has 8 nitrogen and oxygen atoms in total. The highest BCUT2D eigenvalue weighted by Gasteiger charge is 2.53. The molecule has 0 aliphatic heterocycles. The minimum atomic E-state index is -0.527. The zero-order chi connectivity index (χ0) is 20.7. The van der Waals surface area contributed by atoms with Crippen molar-refractivity contribution in [2.75, 3.05) is 0 Å². The first-order chi connectivity index (χ1) is 13.7. The van der Waals surface area contributed by atoms with Crippen LogP contribution in [0.2, 0.25) is 0 Å². The second kappa shape index (κ2) is 6.00. The molecule has 4 bridgehead atoms. The molecule has 4 aliphatic carbocycles. The first-order valence-corrected chi connectivity index (χ1v) is 10.5. The molecule has 0 saturated heterocycles. The fourth-order valence-corrected chi connectivity index (χ4v) is 7.08. The van der Waals surface area contributed by atoms with Gasteiger partial charge >= 0.3 is 11.6 Å². The van der Waals surface area contributed by atoms with Gasteiger partial charge in [0, 0.05) is 18.3 Å². The molecule has 8 heteroatoms. The Morgan fingerprint density at radius 2 is 1.59 bits per heavy atom. The lowest BCUT2D eigenvalue weighted by Gasteiger charge is -2.57. The monoisotopic (exact) mass is 397 g/mol. The van der Waals surface area contributed by atoms with Crippen molar-refractivity contribution in [2.24, 2.45) is 24.8 Å². The lowest BCUT2D eigenvalue weighted by molar-refractivity contribution is -0.385. The van der Waals surface area contributed by atoms with Gasteiger partial charge in [0.1, 0.15) is 5.69 Å². The van der Waals surface area contributed by atoms with Crippen LogP contribution in [0.1, 0.15) is 71.7 Å². The van der Waals surface area contributed by atoms with E-state index >= 15 is 0 Å². The third kappa shape index (κ3) is 2.53. The number of aromatic nitrogens is 4. The van der Waals surface area contributed by atoms with E-state index in [0.29, 0.717) is 5.69 Å². The van der Waals surface area contributed by atoms with Crippen LogP contribution in [0.25, 0.3) is 0 Å². The van der Waals surface area contributed by atoms with Crippen molar-refractivity contribution >= 4 is 11.6 Å². The SMILES string of the molecule is Cc1nn(C(=O)c2nn(C)c(C)c2[N+](=O)[O-])c(C)c1C12CC3CC(CC(C3)C1)C2. The summed E-state index contributed by atoms with van der Waals surface area (Å²) in [6.45, 7) is 5.51. The van der Waals surface area contributed by atoms with Crippen LogP contribution in [0.5, 0.6) is 0 Å². The van der Waals surface area contributed by atoms with Gasteiger partial charge in [-0.2, -0.15) is 14.9 Å². The average Bonchev–Trinajstić information content (AvgIpc) is 3.09. The quantitative estimate of drug-likeness (QED) is 0.582. The van der Waals surface area contributed by atoms with Crippen molar-refractivity contribution in [3.8, 4) is 0 Å². The van der Waals surface area contributed by atoms with Gasteiger partial charge in [0.05, 0.1) is 10.6 Å². The first-order valence-electron chi connectivity index (χ1n) is 10.5. The predicted molar refractivity (Wildman–Crippen MR) is 106 cm³/mol. The summed E-state index contributed by atoms with van der Waals surface area (Å²) < 4.78 is 2.75. The molecule has 0 unspecified atom stereocenters. The van der Waals surface area contributed by atoms with E-state index in [-0.39, 0.29) is 16.8 Å². The molecule has 0 N–H and O–H groups in total. The van der Waals surface area contributed by atoms with Crippen molar-refractivity contribution < 1.29 is 9.72 Å². The average molecular weight is 397 g/mol. The Morgan fingerprint density at radius 3 is 2.10 bits per heavy atom. The van der Waals surface area contributed by atoms with Crippen molar-refractivity contribution in [2.45, 2.75) is 64.7 Å². The molecule has 0 atom stereocenters. The molecule has 2 aromatic rings. The van der Waals surface area contributed by atoms with Crippen molar-refractivity contribution in [3.05, 3.63) is 38.5 Å². The van der Waals surface area contributed by atoms with Crippen LogP contribution < -0.4 is 0 Å². The number of hydrogen-bond donors (Lipinski definition) is 0. The summed E-state index contributed by atoms with van der Waals surface area (Å²) in [4.78, 5) is 24.3. The highest BCUT2D eigenvalue weighted by atomic mass is 16.6. The summed E-state index contributed by atoms with van der Waals surface area (Å²) in [5.74, 6) is 1.85. The molecule has 6 rings (SSSR count). The number of hydrogen-bond acceptors (Lipinski definition) is 5. The van der Waals surface area contributed by atoms with Crippen LogP contribution in [0.4, 0.5) is 5.69 Å². The molecular formula is C21H27N5O3. The van der Waals surface area contributed by atoms with E-state index in [1.165, 1.54) is 53.5 Å². The summed E-state index contributed by atoms with van der Waals surface area (Å²) in [6, 6.07) is 0. The predicted octanol–water partition coefficient (Wildman–Crippen LogP) is 3.61. The maximum absolute atomic E-state index is 13.3. The molecule has 0 amide bonds. The smallest absolute Gasteiger partial charge is 0.265 e. The van der Waals surface area contributed by atoms with Crippen LogP contribution in [0.15, 0.2) is 0 Å². The van der Waals surface area contributed by atoms with E-state index in [4.69, 9.17) is 0 Å². The lowest BCUT2D eigenvalue weighted by atomic mass is 9.48. The van der Waals surface area contributed by atoms with Crippen molar-refractivity contribution in [1.82, 2.24) is 19.6 Å². The molecule has 2 heterocycles. The molecule has 4 fully saturated rings. The molecule has 0 spiro atoms. The maximum Gasteiger partial charge on any atom is 0.322 e. The Kier molecular flexibility index (Phi) is 3.83. The molecule has 4 saturated carbocycles. The van der Waals surface area contributed by atoms with E-state index in [1.807, 2.05) is 13.8 Å². The summed E-state index contributed by atoms with van der Waals surface area (Å²) in [5.41, 5.74) is 3.02. The molecule has 2 aromatic heterocycles.